The van der Waals surface area contributed by atoms with Crippen molar-refractivity contribution in [3.8, 4) is 0 Å². The van der Waals surface area contributed by atoms with Crippen molar-refractivity contribution < 1.29 is 4.74 Å². The lowest BCUT2D eigenvalue weighted by Crippen LogP contribution is -2.19. The van der Waals surface area contributed by atoms with E-state index in [-0.39, 0.29) is 5.38 Å². The summed E-state index contributed by atoms with van der Waals surface area (Å²) in [5.41, 5.74) is 2.52. The summed E-state index contributed by atoms with van der Waals surface area (Å²) in [7, 11) is 0. The topological polar surface area (TPSA) is 9.23 Å². The first kappa shape index (κ1) is 12.9. The van der Waals surface area contributed by atoms with E-state index in [0.29, 0.717) is 6.10 Å². The highest BCUT2D eigenvalue weighted by Gasteiger charge is 2.16. The summed E-state index contributed by atoms with van der Waals surface area (Å²) in [4.78, 5) is 0. The van der Waals surface area contributed by atoms with Gasteiger partial charge in [0, 0.05) is 6.61 Å². The minimum atomic E-state index is 0.126. The van der Waals surface area contributed by atoms with Crippen LogP contribution in [0.3, 0.4) is 0 Å². The average Bonchev–Trinajstić information content (AvgIpc) is 2.38. The van der Waals surface area contributed by atoms with Crippen molar-refractivity contribution in [3.63, 3.8) is 0 Å². The van der Waals surface area contributed by atoms with Crippen molar-refractivity contribution in [3.05, 3.63) is 35.4 Å². The summed E-state index contributed by atoms with van der Waals surface area (Å²) in [6.07, 6.45) is 6.27. The number of halogens is 1. The highest BCUT2D eigenvalue weighted by molar-refractivity contribution is 6.20. The largest absolute Gasteiger partial charge is 0.378 e. The SMILES string of the molecule is Cc1ccc(C(Cl)CCC2CCCCO2)cc1. The van der Waals surface area contributed by atoms with E-state index in [2.05, 4.69) is 31.2 Å². The molecule has 0 N–H and O–H groups in total. The van der Waals surface area contributed by atoms with Crippen LogP contribution >= 0.6 is 11.6 Å². The molecule has 0 radical (unpaired) electrons. The van der Waals surface area contributed by atoms with Gasteiger partial charge in [-0.25, -0.2) is 0 Å². The van der Waals surface area contributed by atoms with Gasteiger partial charge in [-0.1, -0.05) is 29.8 Å². The van der Waals surface area contributed by atoms with E-state index in [1.165, 1.54) is 30.4 Å². The molecule has 2 rings (SSSR count). The molecule has 1 saturated heterocycles. The lowest BCUT2D eigenvalue weighted by Gasteiger charge is -2.23. The summed E-state index contributed by atoms with van der Waals surface area (Å²) in [6.45, 7) is 3.03. The zero-order valence-corrected chi connectivity index (χ0v) is 11.2. The smallest absolute Gasteiger partial charge is 0.0586 e. The molecule has 2 unspecified atom stereocenters. The van der Waals surface area contributed by atoms with Gasteiger partial charge in [-0.2, -0.15) is 0 Å². The van der Waals surface area contributed by atoms with Gasteiger partial charge in [0.05, 0.1) is 11.5 Å². The van der Waals surface area contributed by atoms with Gasteiger partial charge in [-0.15, -0.1) is 11.6 Å². The van der Waals surface area contributed by atoms with Crippen LogP contribution in [0, 0.1) is 6.92 Å². The van der Waals surface area contributed by atoms with E-state index in [9.17, 15) is 0 Å². The number of benzene rings is 1. The van der Waals surface area contributed by atoms with Crippen molar-refractivity contribution in [1.29, 1.82) is 0 Å². The summed E-state index contributed by atoms with van der Waals surface area (Å²) >= 11 is 6.42. The second-order valence-electron chi connectivity index (χ2n) is 4.94. The molecule has 1 nitrogen and oxygen atoms in total. The number of ether oxygens (including phenoxy) is 1. The summed E-state index contributed by atoms with van der Waals surface area (Å²) < 4.78 is 5.72. The summed E-state index contributed by atoms with van der Waals surface area (Å²) in [5.74, 6) is 0. The Morgan fingerprint density at radius 2 is 2.06 bits per heavy atom. The van der Waals surface area contributed by atoms with Crippen LogP contribution in [0.2, 0.25) is 0 Å². The standard InChI is InChI=1S/C15H21ClO/c1-12-5-7-13(8-6-12)15(16)10-9-14-4-2-3-11-17-14/h5-8,14-15H,2-4,9-11H2,1H3. The lowest BCUT2D eigenvalue weighted by molar-refractivity contribution is 0.0100. The zero-order valence-electron chi connectivity index (χ0n) is 10.5. The third-order valence-corrected chi connectivity index (χ3v) is 3.93. The molecule has 1 aliphatic rings. The normalized spacial score (nSPS) is 22.4. The number of rotatable bonds is 4. The maximum Gasteiger partial charge on any atom is 0.0586 e. The van der Waals surface area contributed by atoms with Crippen molar-refractivity contribution in [2.45, 2.75) is 50.5 Å². The van der Waals surface area contributed by atoms with Crippen LogP contribution in [0.1, 0.15) is 48.6 Å². The Balaban J connectivity index is 1.80. The van der Waals surface area contributed by atoms with Gasteiger partial charge < -0.3 is 4.74 Å². The first-order valence-electron chi connectivity index (χ1n) is 6.58. The molecule has 0 amide bonds. The van der Waals surface area contributed by atoms with E-state index in [4.69, 9.17) is 16.3 Å². The fourth-order valence-electron chi connectivity index (χ4n) is 2.31. The fraction of sp³-hybridized carbons (Fsp3) is 0.600. The zero-order chi connectivity index (χ0) is 12.1. The molecular weight excluding hydrogens is 232 g/mol. The van der Waals surface area contributed by atoms with Crippen LogP contribution in [0.5, 0.6) is 0 Å². The van der Waals surface area contributed by atoms with Gasteiger partial charge in [0.25, 0.3) is 0 Å². The molecule has 0 bridgehead atoms. The highest BCUT2D eigenvalue weighted by atomic mass is 35.5. The van der Waals surface area contributed by atoms with Crippen LogP contribution in [-0.2, 0) is 4.74 Å². The van der Waals surface area contributed by atoms with E-state index in [1.54, 1.807) is 0 Å². The Labute approximate surface area is 109 Å². The van der Waals surface area contributed by atoms with Gasteiger partial charge in [0.15, 0.2) is 0 Å². The molecule has 1 aromatic carbocycles. The monoisotopic (exact) mass is 252 g/mol. The molecule has 2 heteroatoms. The third-order valence-electron chi connectivity index (χ3n) is 3.46. The highest BCUT2D eigenvalue weighted by Crippen LogP contribution is 2.28. The molecule has 1 aromatic rings. The molecule has 0 spiro atoms. The van der Waals surface area contributed by atoms with Crippen LogP contribution in [0.25, 0.3) is 0 Å². The number of aryl methyl sites for hydroxylation is 1. The Hall–Kier alpha value is -0.530. The molecule has 0 aliphatic carbocycles. The van der Waals surface area contributed by atoms with Crippen LogP contribution in [0.15, 0.2) is 24.3 Å². The van der Waals surface area contributed by atoms with Crippen molar-refractivity contribution in [2.24, 2.45) is 0 Å². The van der Waals surface area contributed by atoms with E-state index in [1.807, 2.05) is 0 Å². The van der Waals surface area contributed by atoms with Gasteiger partial charge in [-0.05, 0) is 44.6 Å². The van der Waals surface area contributed by atoms with Gasteiger partial charge >= 0.3 is 0 Å². The second-order valence-corrected chi connectivity index (χ2v) is 5.47. The van der Waals surface area contributed by atoms with Gasteiger partial charge in [0.1, 0.15) is 0 Å². The molecule has 94 valence electrons. The average molecular weight is 253 g/mol. The lowest BCUT2D eigenvalue weighted by atomic mass is 10.0. The van der Waals surface area contributed by atoms with Crippen LogP contribution in [0.4, 0.5) is 0 Å². The van der Waals surface area contributed by atoms with E-state index < -0.39 is 0 Å². The molecule has 0 saturated carbocycles. The van der Waals surface area contributed by atoms with Crippen LogP contribution in [-0.4, -0.2) is 12.7 Å². The summed E-state index contributed by atoms with van der Waals surface area (Å²) in [5, 5.41) is 0.126. The van der Waals surface area contributed by atoms with Crippen molar-refractivity contribution in [2.75, 3.05) is 6.61 Å². The predicted molar refractivity (Wildman–Crippen MR) is 72.6 cm³/mol. The number of alkyl halides is 1. The fourth-order valence-corrected chi connectivity index (χ4v) is 2.58. The molecule has 2 atom stereocenters. The molecule has 0 aromatic heterocycles. The minimum absolute atomic E-state index is 0.126. The van der Waals surface area contributed by atoms with Gasteiger partial charge in [-0.3, -0.25) is 0 Å². The van der Waals surface area contributed by atoms with Crippen molar-refractivity contribution >= 4 is 11.6 Å². The summed E-state index contributed by atoms with van der Waals surface area (Å²) in [6, 6.07) is 8.52. The maximum absolute atomic E-state index is 6.42. The molecule has 17 heavy (non-hydrogen) atoms. The predicted octanol–water partition coefficient (Wildman–Crippen LogP) is 4.62. The van der Waals surface area contributed by atoms with Crippen LogP contribution < -0.4 is 0 Å². The Morgan fingerprint density at radius 1 is 1.29 bits per heavy atom. The van der Waals surface area contributed by atoms with E-state index >= 15 is 0 Å². The van der Waals surface area contributed by atoms with E-state index in [0.717, 1.165) is 19.4 Å². The first-order chi connectivity index (χ1) is 8.25. The first-order valence-corrected chi connectivity index (χ1v) is 7.01. The molecule has 1 aliphatic heterocycles. The molecular formula is C15H21ClO. The second kappa shape index (κ2) is 6.42. The molecule has 1 heterocycles. The Bertz CT molecular complexity index is 327. The molecule has 1 fully saturated rings. The quantitative estimate of drug-likeness (QED) is 0.711. The number of hydrogen-bond acceptors (Lipinski definition) is 1. The Kier molecular flexibility index (Phi) is 4.87. The maximum atomic E-state index is 6.42. The van der Waals surface area contributed by atoms with Gasteiger partial charge in [0.2, 0.25) is 0 Å². The van der Waals surface area contributed by atoms with Crippen molar-refractivity contribution in [1.82, 2.24) is 0 Å². The minimum Gasteiger partial charge on any atom is -0.378 e. The number of hydrogen-bond donors (Lipinski definition) is 0. The third kappa shape index (κ3) is 4.01. The Morgan fingerprint density at radius 3 is 2.71 bits per heavy atom.